The number of nitrogens with two attached hydrogens (primary N) is 1. The van der Waals surface area contributed by atoms with E-state index in [1.165, 1.54) is 19.2 Å². The molecule has 4 N–H and O–H groups in total. The lowest BCUT2D eigenvalue weighted by Crippen LogP contribution is -2.49. The van der Waals surface area contributed by atoms with Crippen molar-refractivity contribution in [3.8, 4) is 11.5 Å². The SMILES string of the molecule is CC1(C(=O)NN)C(=O)Nc2nc(-c3nn(Cc4ccccc4F)c4ncccc34)ncc21. The normalized spacial score (nSPS) is 17.3. The van der Waals surface area contributed by atoms with E-state index in [1.54, 1.807) is 35.1 Å². The molecule has 1 aliphatic rings. The van der Waals surface area contributed by atoms with Gasteiger partial charge in [0.1, 0.15) is 17.3 Å². The molecule has 4 aromatic rings. The number of rotatable bonds is 4. The van der Waals surface area contributed by atoms with Gasteiger partial charge in [-0.1, -0.05) is 18.2 Å². The second-order valence-corrected chi connectivity index (χ2v) is 7.48. The third-order valence-electron chi connectivity index (χ3n) is 5.60. The van der Waals surface area contributed by atoms with E-state index in [4.69, 9.17) is 5.84 Å². The molecule has 160 valence electrons. The number of pyridine rings is 1. The Morgan fingerprint density at radius 1 is 1.25 bits per heavy atom. The Hall–Kier alpha value is -4.25. The molecule has 11 heteroatoms. The number of halogens is 1. The topological polar surface area (TPSA) is 141 Å². The second-order valence-electron chi connectivity index (χ2n) is 7.48. The lowest BCUT2D eigenvalue weighted by Gasteiger charge is -2.18. The number of benzene rings is 1. The van der Waals surface area contributed by atoms with Gasteiger partial charge in [0.25, 0.3) is 5.91 Å². The highest BCUT2D eigenvalue weighted by molar-refractivity contribution is 6.19. The zero-order valence-electron chi connectivity index (χ0n) is 16.8. The monoisotopic (exact) mass is 432 g/mol. The summed E-state index contributed by atoms with van der Waals surface area (Å²) in [6, 6.07) is 9.99. The van der Waals surface area contributed by atoms with Crippen LogP contribution in [0.3, 0.4) is 0 Å². The summed E-state index contributed by atoms with van der Waals surface area (Å²) in [6.07, 6.45) is 3.02. The summed E-state index contributed by atoms with van der Waals surface area (Å²) < 4.78 is 15.8. The van der Waals surface area contributed by atoms with Crippen LogP contribution in [0.15, 0.2) is 48.8 Å². The van der Waals surface area contributed by atoms with Crippen LogP contribution in [0.25, 0.3) is 22.6 Å². The Kier molecular flexibility index (Phi) is 4.41. The lowest BCUT2D eigenvalue weighted by molar-refractivity contribution is -0.133. The smallest absolute Gasteiger partial charge is 0.254 e. The van der Waals surface area contributed by atoms with Gasteiger partial charge < -0.3 is 5.32 Å². The van der Waals surface area contributed by atoms with Crippen LogP contribution in [0.4, 0.5) is 10.2 Å². The number of aromatic nitrogens is 5. The highest BCUT2D eigenvalue weighted by atomic mass is 19.1. The van der Waals surface area contributed by atoms with Crippen LogP contribution in [0.1, 0.15) is 18.1 Å². The molecule has 10 nitrogen and oxygen atoms in total. The minimum absolute atomic E-state index is 0.163. The first kappa shape index (κ1) is 19.7. The molecular formula is C21H17FN8O2. The molecule has 1 aromatic carbocycles. The molecule has 0 fully saturated rings. The number of carbonyl (C=O) groups excluding carboxylic acids is 2. The van der Waals surface area contributed by atoms with Crippen molar-refractivity contribution in [1.29, 1.82) is 0 Å². The lowest BCUT2D eigenvalue weighted by atomic mass is 9.84. The number of anilines is 1. The predicted molar refractivity (Wildman–Crippen MR) is 112 cm³/mol. The molecular weight excluding hydrogens is 415 g/mol. The molecule has 5 rings (SSSR count). The van der Waals surface area contributed by atoms with E-state index < -0.39 is 17.2 Å². The van der Waals surface area contributed by atoms with E-state index in [9.17, 15) is 14.0 Å². The molecule has 0 saturated carbocycles. The number of fused-ring (bicyclic) bond motifs is 2. The van der Waals surface area contributed by atoms with Crippen LogP contribution in [0, 0.1) is 5.82 Å². The van der Waals surface area contributed by atoms with Crippen molar-refractivity contribution < 1.29 is 14.0 Å². The quantitative estimate of drug-likeness (QED) is 0.191. The highest BCUT2D eigenvalue weighted by Gasteiger charge is 2.50. The first-order valence-corrected chi connectivity index (χ1v) is 9.69. The number of amides is 2. The van der Waals surface area contributed by atoms with E-state index in [2.05, 4.69) is 25.4 Å². The van der Waals surface area contributed by atoms with Crippen molar-refractivity contribution in [1.82, 2.24) is 30.2 Å². The van der Waals surface area contributed by atoms with Gasteiger partial charge in [0.2, 0.25) is 5.91 Å². The molecule has 1 unspecified atom stereocenters. The molecule has 0 spiro atoms. The van der Waals surface area contributed by atoms with Gasteiger partial charge in [-0.25, -0.2) is 29.9 Å². The van der Waals surface area contributed by atoms with Crippen molar-refractivity contribution in [2.75, 3.05) is 5.32 Å². The van der Waals surface area contributed by atoms with Gasteiger partial charge in [0.05, 0.1) is 11.9 Å². The summed E-state index contributed by atoms with van der Waals surface area (Å²) in [5.74, 6) is 4.10. The van der Waals surface area contributed by atoms with E-state index in [0.717, 1.165) is 0 Å². The third-order valence-corrected chi connectivity index (χ3v) is 5.60. The standard InChI is InChI=1S/C21H17FN8O2/c1-21(20(32)28-23)13-9-25-17(26-16(13)27-19(21)31)15-12-6-4-8-24-18(12)30(29-15)10-11-5-2-3-7-14(11)22/h2-9H,10,23H2,1H3,(H,28,32)(H,25,26,27,31). The molecule has 3 aromatic heterocycles. The molecule has 1 atom stereocenters. The first-order chi connectivity index (χ1) is 15.4. The fourth-order valence-corrected chi connectivity index (χ4v) is 3.75. The Morgan fingerprint density at radius 3 is 2.84 bits per heavy atom. The van der Waals surface area contributed by atoms with Gasteiger partial charge in [-0.3, -0.25) is 15.0 Å². The zero-order valence-corrected chi connectivity index (χ0v) is 16.8. The summed E-state index contributed by atoms with van der Waals surface area (Å²) in [7, 11) is 0. The van der Waals surface area contributed by atoms with Crippen LogP contribution >= 0.6 is 0 Å². The van der Waals surface area contributed by atoms with Gasteiger partial charge in [-0.05, 0) is 25.1 Å². The first-order valence-electron chi connectivity index (χ1n) is 9.69. The van der Waals surface area contributed by atoms with Crippen LogP contribution < -0.4 is 16.6 Å². The molecule has 2 amide bonds. The number of hydrazine groups is 1. The predicted octanol–water partition coefficient (Wildman–Crippen LogP) is 1.28. The molecule has 32 heavy (non-hydrogen) atoms. The fourth-order valence-electron chi connectivity index (χ4n) is 3.75. The molecule has 0 bridgehead atoms. The number of nitrogens with one attached hydrogen (secondary N) is 2. The van der Waals surface area contributed by atoms with Crippen LogP contribution in [0.5, 0.6) is 0 Å². The minimum Gasteiger partial charge on any atom is -0.309 e. The van der Waals surface area contributed by atoms with E-state index in [-0.39, 0.29) is 24.0 Å². The molecule has 0 aliphatic carbocycles. The summed E-state index contributed by atoms with van der Waals surface area (Å²) >= 11 is 0. The fraction of sp³-hybridized carbons (Fsp3) is 0.143. The van der Waals surface area contributed by atoms with Gasteiger partial charge >= 0.3 is 0 Å². The molecule has 1 aliphatic heterocycles. The third kappa shape index (κ3) is 2.82. The Morgan fingerprint density at radius 2 is 2.06 bits per heavy atom. The number of carbonyl (C=O) groups is 2. The van der Waals surface area contributed by atoms with Crippen molar-refractivity contribution in [3.05, 3.63) is 65.7 Å². The maximum absolute atomic E-state index is 14.2. The van der Waals surface area contributed by atoms with Gasteiger partial charge in [0, 0.05) is 23.5 Å². The maximum atomic E-state index is 14.2. The molecule has 0 radical (unpaired) electrons. The second kappa shape index (κ2) is 7.17. The van der Waals surface area contributed by atoms with Gasteiger partial charge in [-0.15, -0.1) is 0 Å². The van der Waals surface area contributed by atoms with Gasteiger partial charge in [0.15, 0.2) is 16.9 Å². The summed E-state index contributed by atoms with van der Waals surface area (Å²) in [5.41, 5.74) is 2.18. The largest absolute Gasteiger partial charge is 0.309 e. The average molecular weight is 432 g/mol. The van der Waals surface area contributed by atoms with Crippen LogP contribution in [-0.4, -0.2) is 36.5 Å². The number of nitrogens with zero attached hydrogens (tertiary/aromatic N) is 5. The van der Waals surface area contributed by atoms with E-state index in [0.29, 0.717) is 27.9 Å². The average Bonchev–Trinajstić information content (AvgIpc) is 3.30. The van der Waals surface area contributed by atoms with Gasteiger partial charge in [-0.2, -0.15) is 5.10 Å². The highest BCUT2D eigenvalue weighted by Crippen LogP contribution is 2.37. The maximum Gasteiger partial charge on any atom is 0.254 e. The summed E-state index contributed by atoms with van der Waals surface area (Å²) in [4.78, 5) is 37.9. The summed E-state index contributed by atoms with van der Waals surface area (Å²) in [6.45, 7) is 1.61. The number of hydrogen-bond acceptors (Lipinski definition) is 7. The van der Waals surface area contributed by atoms with Crippen LogP contribution in [-0.2, 0) is 21.5 Å². The minimum atomic E-state index is -1.55. The van der Waals surface area contributed by atoms with Crippen molar-refractivity contribution in [3.63, 3.8) is 0 Å². The van der Waals surface area contributed by atoms with Crippen molar-refractivity contribution in [2.24, 2.45) is 5.84 Å². The molecule has 0 saturated heterocycles. The van der Waals surface area contributed by atoms with Crippen LogP contribution in [0.2, 0.25) is 0 Å². The summed E-state index contributed by atoms with van der Waals surface area (Å²) in [5, 5.41) is 7.85. The van der Waals surface area contributed by atoms with E-state index in [1.807, 2.05) is 11.5 Å². The zero-order chi connectivity index (χ0) is 22.5. The van der Waals surface area contributed by atoms with E-state index >= 15 is 0 Å². The number of hydrogen-bond donors (Lipinski definition) is 3. The Bertz CT molecular complexity index is 1400. The van der Waals surface area contributed by atoms with Crippen molar-refractivity contribution in [2.45, 2.75) is 18.9 Å². The Balaban J connectivity index is 1.61. The Labute approximate surface area is 180 Å². The molecule has 4 heterocycles. The van der Waals surface area contributed by atoms with Crippen molar-refractivity contribution >= 4 is 28.7 Å².